The van der Waals surface area contributed by atoms with Crippen LogP contribution in [0.25, 0.3) is 0 Å². The van der Waals surface area contributed by atoms with Crippen molar-refractivity contribution in [2.24, 2.45) is 0 Å². The van der Waals surface area contributed by atoms with E-state index in [1.54, 1.807) is 0 Å². The number of rotatable bonds is 8. The number of nitrogens with zero attached hydrogens (tertiary/aromatic N) is 1. The molecule has 0 aromatic heterocycles. The van der Waals surface area contributed by atoms with Crippen LogP contribution in [0.1, 0.15) is 76.0 Å². The van der Waals surface area contributed by atoms with Crippen LogP contribution < -0.4 is 9.47 Å². The predicted octanol–water partition coefficient (Wildman–Crippen LogP) is 6.56. The molecule has 1 fully saturated rings. The number of hydrogen-bond acceptors (Lipinski definition) is 3. The van der Waals surface area contributed by atoms with Gasteiger partial charge in [0.05, 0.1) is 6.10 Å². The van der Waals surface area contributed by atoms with Crippen LogP contribution in [-0.4, -0.2) is 30.1 Å². The zero-order valence-corrected chi connectivity index (χ0v) is 18.7. The van der Waals surface area contributed by atoms with Crippen LogP contribution in [0, 0.1) is 0 Å². The topological polar surface area (TPSA) is 21.7 Å². The Balaban J connectivity index is 1.32. The summed E-state index contributed by atoms with van der Waals surface area (Å²) in [5.41, 5.74) is 2.55. The van der Waals surface area contributed by atoms with Crippen molar-refractivity contribution in [3.05, 3.63) is 59.7 Å². The van der Waals surface area contributed by atoms with E-state index < -0.39 is 0 Å². The van der Waals surface area contributed by atoms with Crippen molar-refractivity contribution in [2.75, 3.05) is 13.1 Å². The first kappa shape index (κ1) is 21.2. The van der Waals surface area contributed by atoms with Gasteiger partial charge >= 0.3 is 0 Å². The second kappa shape index (κ2) is 10.3. The molecule has 2 aliphatic rings. The van der Waals surface area contributed by atoms with Crippen LogP contribution >= 0.6 is 0 Å². The van der Waals surface area contributed by atoms with Crippen molar-refractivity contribution in [3.8, 4) is 11.5 Å². The molecule has 1 saturated carbocycles. The van der Waals surface area contributed by atoms with E-state index >= 15 is 0 Å². The summed E-state index contributed by atoms with van der Waals surface area (Å²) in [4.78, 5) is 2.70. The van der Waals surface area contributed by atoms with Gasteiger partial charge in [0, 0.05) is 6.04 Å². The van der Waals surface area contributed by atoms with Crippen molar-refractivity contribution >= 4 is 0 Å². The Kier molecular flexibility index (Phi) is 7.33. The van der Waals surface area contributed by atoms with Gasteiger partial charge in [-0.3, -0.25) is 0 Å². The SMILES string of the molecule is CCCN(CCC)C1CCC(Oc2ccc3c(c2)CC[C@@H](c2ccccc2)O3)CC1. The molecule has 1 aliphatic heterocycles. The van der Waals surface area contributed by atoms with E-state index in [9.17, 15) is 0 Å². The van der Waals surface area contributed by atoms with Crippen LogP contribution in [0.5, 0.6) is 11.5 Å². The maximum absolute atomic E-state index is 6.41. The average Bonchev–Trinajstić information content (AvgIpc) is 2.80. The van der Waals surface area contributed by atoms with E-state index in [0.717, 1.165) is 43.2 Å². The molecule has 0 spiro atoms. The fourth-order valence-corrected chi connectivity index (χ4v) is 5.11. The maximum Gasteiger partial charge on any atom is 0.124 e. The molecule has 162 valence electrons. The fraction of sp³-hybridized carbons (Fsp3) is 0.556. The summed E-state index contributed by atoms with van der Waals surface area (Å²) in [6.07, 6.45) is 9.93. The minimum Gasteiger partial charge on any atom is -0.490 e. The number of fused-ring (bicyclic) bond motifs is 1. The van der Waals surface area contributed by atoms with Crippen molar-refractivity contribution in [2.45, 2.75) is 83.5 Å². The van der Waals surface area contributed by atoms with Gasteiger partial charge in [-0.25, -0.2) is 0 Å². The van der Waals surface area contributed by atoms with E-state index in [1.165, 1.54) is 49.9 Å². The lowest BCUT2D eigenvalue weighted by Crippen LogP contribution is -2.41. The van der Waals surface area contributed by atoms with Gasteiger partial charge in [-0.15, -0.1) is 0 Å². The Hall–Kier alpha value is -2.00. The van der Waals surface area contributed by atoms with Gasteiger partial charge < -0.3 is 14.4 Å². The van der Waals surface area contributed by atoms with Crippen LogP contribution in [0.3, 0.4) is 0 Å². The Morgan fingerprint density at radius 2 is 1.63 bits per heavy atom. The molecule has 1 atom stereocenters. The molecular formula is C27H37NO2. The summed E-state index contributed by atoms with van der Waals surface area (Å²) >= 11 is 0. The molecule has 1 aliphatic carbocycles. The molecule has 1 heterocycles. The lowest BCUT2D eigenvalue weighted by molar-refractivity contribution is 0.0874. The molecule has 2 aromatic rings. The molecule has 0 bridgehead atoms. The second-order valence-electron chi connectivity index (χ2n) is 8.91. The summed E-state index contributed by atoms with van der Waals surface area (Å²) in [5.74, 6) is 2.03. The highest BCUT2D eigenvalue weighted by Gasteiger charge is 2.27. The number of aryl methyl sites for hydroxylation is 1. The van der Waals surface area contributed by atoms with Crippen LogP contribution in [0.15, 0.2) is 48.5 Å². The molecule has 4 rings (SSSR count). The standard InChI is InChI=1S/C27H37NO2/c1-3-18-28(19-4-2)23-11-13-24(14-12-23)29-25-15-17-27-22(20-25)10-16-26(30-27)21-8-6-5-7-9-21/h5-9,15,17,20,23-24,26H,3-4,10-14,16,18-19H2,1-2H3/t23?,24?,26-/m0/s1. The molecule has 3 nitrogen and oxygen atoms in total. The minimum absolute atomic E-state index is 0.162. The van der Waals surface area contributed by atoms with Crippen molar-refractivity contribution in [3.63, 3.8) is 0 Å². The smallest absolute Gasteiger partial charge is 0.124 e. The zero-order valence-electron chi connectivity index (χ0n) is 18.7. The van der Waals surface area contributed by atoms with E-state index in [2.05, 4.69) is 67.3 Å². The Morgan fingerprint density at radius 1 is 0.900 bits per heavy atom. The monoisotopic (exact) mass is 407 g/mol. The van der Waals surface area contributed by atoms with Gasteiger partial charge in [0.15, 0.2) is 0 Å². The largest absolute Gasteiger partial charge is 0.490 e. The van der Waals surface area contributed by atoms with E-state index in [0.29, 0.717) is 6.10 Å². The summed E-state index contributed by atoms with van der Waals surface area (Å²) in [5, 5.41) is 0. The first-order chi connectivity index (χ1) is 14.8. The zero-order chi connectivity index (χ0) is 20.8. The molecule has 0 radical (unpaired) electrons. The quantitative estimate of drug-likeness (QED) is 0.494. The van der Waals surface area contributed by atoms with Crippen LogP contribution in [0.4, 0.5) is 0 Å². The van der Waals surface area contributed by atoms with Crippen LogP contribution in [-0.2, 0) is 6.42 Å². The molecule has 30 heavy (non-hydrogen) atoms. The van der Waals surface area contributed by atoms with Gasteiger partial charge in [0.25, 0.3) is 0 Å². The lowest BCUT2D eigenvalue weighted by Gasteiger charge is -2.37. The van der Waals surface area contributed by atoms with E-state index in [4.69, 9.17) is 9.47 Å². The van der Waals surface area contributed by atoms with E-state index in [1.807, 2.05) is 0 Å². The van der Waals surface area contributed by atoms with Crippen LogP contribution in [0.2, 0.25) is 0 Å². The second-order valence-corrected chi connectivity index (χ2v) is 8.91. The third kappa shape index (κ3) is 5.18. The van der Waals surface area contributed by atoms with E-state index in [-0.39, 0.29) is 6.10 Å². The lowest BCUT2D eigenvalue weighted by atomic mass is 9.91. The molecule has 0 unspecified atom stereocenters. The molecule has 0 amide bonds. The van der Waals surface area contributed by atoms with Gasteiger partial charge in [-0.1, -0.05) is 44.2 Å². The molecule has 0 saturated heterocycles. The Labute approximate surface area is 182 Å². The van der Waals surface area contributed by atoms with Crippen molar-refractivity contribution < 1.29 is 9.47 Å². The number of hydrogen-bond donors (Lipinski definition) is 0. The van der Waals surface area contributed by atoms with Gasteiger partial charge in [-0.2, -0.15) is 0 Å². The fourth-order valence-electron chi connectivity index (χ4n) is 5.11. The van der Waals surface area contributed by atoms with Gasteiger partial charge in [0.2, 0.25) is 0 Å². The highest BCUT2D eigenvalue weighted by Crippen LogP contribution is 2.37. The first-order valence-corrected chi connectivity index (χ1v) is 12.0. The van der Waals surface area contributed by atoms with Gasteiger partial charge in [0.1, 0.15) is 17.6 Å². The minimum atomic E-state index is 0.162. The first-order valence-electron chi connectivity index (χ1n) is 12.0. The molecule has 3 heteroatoms. The van der Waals surface area contributed by atoms with Crippen molar-refractivity contribution in [1.82, 2.24) is 4.90 Å². The highest BCUT2D eigenvalue weighted by atomic mass is 16.5. The molecule has 0 N–H and O–H groups in total. The third-order valence-electron chi connectivity index (χ3n) is 6.63. The third-order valence-corrected chi connectivity index (χ3v) is 6.63. The predicted molar refractivity (Wildman–Crippen MR) is 123 cm³/mol. The summed E-state index contributed by atoms with van der Waals surface area (Å²) in [7, 11) is 0. The Morgan fingerprint density at radius 3 is 2.33 bits per heavy atom. The average molecular weight is 408 g/mol. The van der Waals surface area contributed by atoms with Crippen molar-refractivity contribution in [1.29, 1.82) is 0 Å². The molecular weight excluding hydrogens is 370 g/mol. The van der Waals surface area contributed by atoms with Gasteiger partial charge in [-0.05, 0) is 93.8 Å². The number of ether oxygens (including phenoxy) is 2. The summed E-state index contributed by atoms with van der Waals surface area (Å²) < 4.78 is 12.7. The highest BCUT2D eigenvalue weighted by molar-refractivity contribution is 5.42. The number of benzene rings is 2. The normalized spacial score (nSPS) is 23.6. The summed E-state index contributed by atoms with van der Waals surface area (Å²) in [6.45, 7) is 7.05. The maximum atomic E-state index is 6.41. The molecule has 2 aromatic carbocycles. The summed E-state index contributed by atoms with van der Waals surface area (Å²) in [6, 6.07) is 17.7. The Bertz CT molecular complexity index is 777.